The standard InChI is InChI=1S/C21H29N5O3/c1-29-18-6-4-5-16(13-18)14-26-21(28)25-12-9-17(7-8-19(25)23-26)22-20(27)15-24-10-2-3-11-24/h4-6,13,17H,2-3,7-12,14-15H2,1H3,(H,22,27). The minimum atomic E-state index is -0.0909. The van der Waals surface area contributed by atoms with Crippen molar-refractivity contribution < 1.29 is 9.53 Å². The maximum absolute atomic E-state index is 12.8. The predicted molar refractivity (Wildman–Crippen MR) is 109 cm³/mol. The van der Waals surface area contributed by atoms with E-state index in [0.29, 0.717) is 26.1 Å². The van der Waals surface area contributed by atoms with E-state index in [1.54, 1.807) is 11.7 Å². The number of carbonyl (C=O) groups is 1. The van der Waals surface area contributed by atoms with Crippen molar-refractivity contribution in [2.75, 3.05) is 26.7 Å². The SMILES string of the molecule is COc1cccc(Cn2nc3n(c2=O)CCC(NC(=O)CN2CCCC2)CC3)c1. The van der Waals surface area contributed by atoms with Gasteiger partial charge in [-0.2, -0.15) is 5.10 Å². The number of fused-ring (bicyclic) bond motifs is 1. The van der Waals surface area contributed by atoms with Gasteiger partial charge in [-0.05, 0) is 56.5 Å². The van der Waals surface area contributed by atoms with E-state index in [1.165, 1.54) is 17.5 Å². The zero-order chi connectivity index (χ0) is 20.2. The van der Waals surface area contributed by atoms with E-state index in [4.69, 9.17) is 4.74 Å². The molecule has 156 valence electrons. The Morgan fingerprint density at radius 2 is 2.07 bits per heavy atom. The fourth-order valence-corrected chi connectivity index (χ4v) is 4.24. The van der Waals surface area contributed by atoms with Crippen LogP contribution >= 0.6 is 0 Å². The van der Waals surface area contributed by atoms with Crippen molar-refractivity contribution in [1.29, 1.82) is 0 Å². The van der Waals surface area contributed by atoms with Crippen molar-refractivity contribution in [3.8, 4) is 5.75 Å². The monoisotopic (exact) mass is 399 g/mol. The zero-order valence-electron chi connectivity index (χ0n) is 17.0. The van der Waals surface area contributed by atoms with Gasteiger partial charge in [0.15, 0.2) is 0 Å². The smallest absolute Gasteiger partial charge is 0.346 e. The van der Waals surface area contributed by atoms with Gasteiger partial charge in [-0.3, -0.25) is 14.3 Å². The number of nitrogens with zero attached hydrogens (tertiary/aromatic N) is 4. The van der Waals surface area contributed by atoms with Crippen LogP contribution in [0, 0.1) is 0 Å². The third kappa shape index (κ3) is 4.70. The van der Waals surface area contributed by atoms with Crippen LogP contribution in [0.5, 0.6) is 5.75 Å². The number of ether oxygens (including phenoxy) is 1. The molecule has 1 aromatic heterocycles. The minimum absolute atomic E-state index is 0.0897. The van der Waals surface area contributed by atoms with E-state index >= 15 is 0 Å². The molecule has 29 heavy (non-hydrogen) atoms. The summed E-state index contributed by atoms with van der Waals surface area (Å²) in [6, 6.07) is 7.77. The molecule has 8 heteroatoms. The van der Waals surface area contributed by atoms with Crippen LogP contribution in [0.2, 0.25) is 0 Å². The molecule has 0 spiro atoms. The second kappa shape index (κ2) is 8.82. The van der Waals surface area contributed by atoms with Gasteiger partial charge in [0.1, 0.15) is 11.6 Å². The number of hydrogen-bond donors (Lipinski definition) is 1. The van der Waals surface area contributed by atoms with Gasteiger partial charge < -0.3 is 10.1 Å². The summed E-state index contributed by atoms with van der Waals surface area (Å²) in [6.07, 6.45) is 4.61. The number of hydrogen-bond acceptors (Lipinski definition) is 5. The summed E-state index contributed by atoms with van der Waals surface area (Å²) < 4.78 is 8.54. The first kappa shape index (κ1) is 19.7. The molecule has 1 N–H and O–H groups in total. The van der Waals surface area contributed by atoms with Crippen LogP contribution in [0.15, 0.2) is 29.1 Å². The van der Waals surface area contributed by atoms with Gasteiger partial charge in [-0.1, -0.05) is 12.1 Å². The van der Waals surface area contributed by atoms with Crippen molar-refractivity contribution in [3.05, 3.63) is 46.1 Å². The van der Waals surface area contributed by atoms with Crippen LogP contribution in [0.25, 0.3) is 0 Å². The Bertz CT molecular complexity index is 913. The fraction of sp³-hybridized carbons (Fsp3) is 0.571. The predicted octanol–water partition coefficient (Wildman–Crippen LogP) is 1.02. The molecule has 3 heterocycles. The van der Waals surface area contributed by atoms with E-state index < -0.39 is 0 Å². The highest BCUT2D eigenvalue weighted by atomic mass is 16.5. The molecule has 4 rings (SSSR count). The third-order valence-electron chi connectivity index (χ3n) is 5.81. The molecular formula is C21H29N5O3. The highest BCUT2D eigenvalue weighted by Gasteiger charge is 2.23. The van der Waals surface area contributed by atoms with Crippen LogP contribution in [0.1, 0.15) is 37.1 Å². The van der Waals surface area contributed by atoms with Gasteiger partial charge in [-0.15, -0.1) is 0 Å². The Morgan fingerprint density at radius 3 is 2.86 bits per heavy atom. The van der Waals surface area contributed by atoms with Crippen LogP contribution in [0.3, 0.4) is 0 Å². The van der Waals surface area contributed by atoms with Crippen molar-refractivity contribution >= 4 is 5.91 Å². The number of aryl methyl sites for hydroxylation is 1. The molecule has 1 atom stereocenters. The number of carbonyl (C=O) groups excluding carboxylic acids is 1. The van der Waals surface area contributed by atoms with E-state index in [0.717, 1.165) is 43.1 Å². The van der Waals surface area contributed by atoms with E-state index in [-0.39, 0.29) is 17.6 Å². The second-order valence-electron chi connectivity index (χ2n) is 7.93. The molecule has 1 saturated heterocycles. The number of rotatable bonds is 6. The summed E-state index contributed by atoms with van der Waals surface area (Å²) >= 11 is 0. The second-order valence-corrected chi connectivity index (χ2v) is 7.93. The topological polar surface area (TPSA) is 81.4 Å². The zero-order valence-corrected chi connectivity index (χ0v) is 17.0. The lowest BCUT2D eigenvalue weighted by atomic mass is 10.1. The molecule has 0 bridgehead atoms. The Balaban J connectivity index is 1.37. The van der Waals surface area contributed by atoms with Gasteiger partial charge in [0.25, 0.3) is 0 Å². The molecular weight excluding hydrogens is 370 g/mol. The average Bonchev–Trinajstić information content (AvgIpc) is 3.27. The van der Waals surface area contributed by atoms with Crippen LogP contribution in [-0.2, 0) is 24.3 Å². The summed E-state index contributed by atoms with van der Waals surface area (Å²) in [5.41, 5.74) is 0.888. The molecule has 0 radical (unpaired) electrons. The Kier molecular flexibility index (Phi) is 5.99. The van der Waals surface area contributed by atoms with Gasteiger partial charge in [0, 0.05) is 19.0 Å². The van der Waals surface area contributed by atoms with Gasteiger partial charge in [0.05, 0.1) is 20.2 Å². The van der Waals surface area contributed by atoms with Gasteiger partial charge in [-0.25, -0.2) is 9.48 Å². The number of aromatic nitrogens is 3. The summed E-state index contributed by atoms with van der Waals surface area (Å²) in [6.45, 7) is 3.52. The molecule has 0 saturated carbocycles. The van der Waals surface area contributed by atoms with Crippen molar-refractivity contribution in [1.82, 2.24) is 24.6 Å². The Morgan fingerprint density at radius 1 is 1.24 bits per heavy atom. The summed E-state index contributed by atoms with van der Waals surface area (Å²) in [5.74, 6) is 1.66. The van der Waals surface area contributed by atoms with Crippen LogP contribution in [0.4, 0.5) is 0 Å². The Labute approximate surface area is 170 Å². The number of amides is 1. The molecule has 1 aromatic carbocycles. The first-order valence-corrected chi connectivity index (χ1v) is 10.4. The maximum atomic E-state index is 12.8. The lowest BCUT2D eigenvalue weighted by molar-refractivity contribution is -0.122. The van der Waals surface area contributed by atoms with Crippen molar-refractivity contribution in [2.24, 2.45) is 0 Å². The van der Waals surface area contributed by atoms with Crippen molar-refractivity contribution in [2.45, 2.75) is 51.2 Å². The van der Waals surface area contributed by atoms with Gasteiger partial charge in [0.2, 0.25) is 5.91 Å². The first-order chi connectivity index (χ1) is 14.1. The molecule has 2 aliphatic heterocycles. The molecule has 1 fully saturated rings. The molecule has 0 aliphatic carbocycles. The Hall–Kier alpha value is -2.61. The molecule has 1 amide bonds. The molecule has 8 nitrogen and oxygen atoms in total. The highest BCUT2D eigenvalue weighted by Crippen LogP contribution is 2.15. The largest absolute Gasteiger partial charge is 0.497 e. The van der Waals surface area contributed by atoms with Crippen LogP contribution < -0.4 is 15.7 Å². The number of nitrogens with one attached hydrogen (secondary N) is 1. The first-order valence-electron chi connectivity index (χ1n) is 10.4. The molecule has 1 unspecified atom stereocenters. The van der Waals surface area contributed by atoms with E-state index in [2.05, 4.69) is 15.3 Å². The summed E-state index contributed by atoms with van der Waals surface area (Å²) in [7, 11) is 1.63. The number of benzene rings is 1. The van der Waals surface area contributed by atoms with Gasteiger partial charge >= 0.3 is 5.69 Å². The quantitative estimate of drug-likeness (QED) is 0.784. The maximum Gasteiger partial charge on any atom is 0.346 e. The average molecular weight is 399 g/mol. The highest BCUT2D eigenvalue weighted by molar-refractivity contribution is 5.78. The lowest BCUT2D eigenvalue weighted by Crippen LogP contribution is -2.41. The third-order valence-corrected chi connectivity index (χ3v) is 5.81. The minimum Gasteiger partial charge on any atom is -0.497 e. The van der Waals surface area contributed by atoms with E-state index in [9.17, 15) is 9.59 Å². The lowest BCUT2D eigenvalue weighted by Gasteiger charge is -2.19. The summed E-state index contributed by atoms with van der Waals surface area (Å²) in [4.78, 5) is 27.3. The number of likely N-dealkylation sites (tertiary alicyclic amines) is 1. The fourth-order valence-electron chi connectivity index (χ4n) is 4.24. The molecule has 2 aromatic rings. The number of methoxy groups -OCH3 is 1. The summed E-state index contributed by atoms with van der Waals surface area (Å²) in [5, 5.41) is 7.72. The van der Waals surface area contributed by atoms with Crippen LogP contribution in [-0.4, -0.2) is 57.9 Å². The normalized spacial score (nSPS) is 19.6. The molecule has 2 aliphatic rings. The van der Waals surface area contributed by atoms with E-state index in [1.807, 2.05) is 24.3 Å². The van der Waals surface area contributed by atoms with Crippen molar-refractivity contribution in [3.63, 3.8) is 0 Å².